The van der Waals surface area contributed by atoms with Crippen LogP contribution in [0.1, 0.15) is 27.2 Å². The van der Waals surface area contributed by atoms with Crippen molar-refractivity contribution < 1.29 is 14.7 Å². The van der Waals surface area contributed by atoms with E-state index in [1.165, 1.54) is 6.07 Å². The molecule has 20 heavy (non-hydrogen) atoms. The highest BCUT2D eigenvalue weighted by molar-refractivity contribution is 7.09. The molecular formula is C15H15NO3S. The molecule has 0 aliphatic heterocycles. The average Bonchev–Trinajstić information content (AvgIpc) is 2.91. The van der Waals surface area contributed by atoms with Crippen molar-refractivity contribution in [3.05, 3.63) is 51.7 Å². The maximum Gasteiger partial charge on any atom is 0.337 e. The van der Waals surface area contributed by atoms with Gasteiger partial charge >= 0.3 is 5.97 Å². The van der Waals surface area contributed by atoms with Crippen molar-refractivity contribution in [3.8, 4) is 0 Å². The van der Waals surface area contributed by atoms with E-state index >= 15 is 0 Å². The number of carbonyl (C=O) groups excluding carboxylic acids is 1. The van der Waals surface area contributed by atoms with Gasteiger partial charge in [-0.2, -0.15) is 0 Å². The minimum atomic E-state index is -1.04. The van der Waals surface area contributed by atoms with Crippen LogP contribution in [0, 0.1) is 6.92 Å². The van der Waals surface area contributed by atoms with Gasteiger partial charge in [0.1, 0.15) is 0 Å². The Morgan fingerprint density at radius 3 is 2.70 bits per heavy atom. The second-order valence-electron chi connectivity index (χ2n) is 4.43. The summed E-state index contributed by atoms with van der Waals surface area (Å²) >= 11 is 1.61. The first-order valence-corrected chi connectivity index (χ1v) is 7.11. The topological polar surface area (TPSA) is 66.4 Å². The van der Waals surface area contributed by atoms with E-state index in [1.54, 1.807) is 30.4 Å². The van der Waals surface area contributed by atoms with Gasteiger partial charge in [-0.3, -0.25) is 4.79 Å². The lowest BCUT2D eigenvalue weighted by Crippen LogP contribution is -2.16. The first kappa shape index (κ1) is 14.3. The summed E-state index contributed by atoms with van der Waals surface area (Å²) in [5.41, 5.74) is 1.25. The van der Waals surface area contributed by atoms with Crippen molar-refractivity contribution in [2.45, 2.75) is 19.8 Å². The second-order valence-corrected chi connectivity index (χ2v) is 5.46. The van der Waals surface area contributed by atoms with Gasteiger partial charge in [-0.05, 0) is 36.4 Å². The molecule has 0 spiro atoms. The molecule has 104 valence electrons. The highest BCUT2D eigenvalue weighted by Gasteiger charge is 2.14. The van der Waals surface area contributed by atoms with Gasteiger partial charge in [0.05, 0.1) is 11.3 Å². The van der Waals surface area contributed by atoms with Crippen LogP contribution < -0.4 is 5.32 Å². The zero-order valence-electron chi connectivity index (χ0n) is 11.1. The molecular weight excluding hydrogens is 274 g/mol. The zero-order chi connectivity index (χ0) is 14.5. The van der Waals surface area contributed by atoms with Crippen LogP contribution in [0.4, 0.5) is 5.69 Å². The van der Waals surface area contributed by atoms with E-state index in [0.717, 1.165) is 10.4 Å². The van der Waals surface area contributed by atoms with Crippen LogP contribution in [-0.4, -0.2) is 17.0 Å². The number of aromatic carboxylic acids is 1. The van der Waals surface area contributed by atoms with Crippen molar-refractivity contribution in [2.75, 3.05) is 5.32 Å². The molecule has 2 N–H and O–H groups in total. The summed E-state index contributed by atoms with van der Waals surface area (Å²) in [5.74, 6) is -1.21. The molecule has 2 aromatic rings. The Bertz CT molecular complexity index is 620. The first-order chi connectivity index (χ1) is 9.58. The van der Waals surface area contributed by atoms with E-state index in [-0.39, 0.29) is 11.5 Å². The molecule has 0 atom stereocenters. The molecule has 4 nitrogen and oxygen atoms in total. The summed E-state index contributed by atoms with van der Waals surface area (Å²) in [5, 5.41) is 13.8. The summed E-state index contributed by atoms with van der Waals surface area (Å²) in [6.45, 7) is 1.78. The zero-order valence-corrected chi connectivity index (χ0v) is 11.9. The SMILES string of the molecule is Cc1cccc(C(=O)O)c1NC(=O)CCc1cccs1. The number of aryl methyl sites for hydroxylation is 2. The number of benzene rings is 1. The molecule has 0 saturated heterocycles. The third-order valence-corrected chi connectivity index (χ3v) is 3.88. The number of carboxylic acids is 1. The normalized spacial score (nSPS) is 10.2. The Morgan fingerprint density at radius 1 is 1.25 bits per heavy atom. The quantitative estimate of drug-likeness (QED) is 0.887. The molecule has 0 aliphatic rings. The molecule has 0 saturated carbocycles. The fraction of sp³-hybridized carbons (Fsp3) is 0.200. The van der Waals surface area contributed by atoms with Gasteiger partial charge in [-0.25, -0.2) is 4.79 Å². The van der Waals surface area contributed by atoms with E-state index in [9.17, 15) is 9.59 Å². The lowest BCUT2D eigenvalue weighted by Gasteiger charge is -2.11. The molecule has 0 radical (unpaired) electrons. The summed E-state index contributed by atoms with van der Waals surface area (Å²) in [6, 6.07) is 8.86. The largest absolute Gasteiger partial charge is 0.478 e. The Morgan fingerprint density at radius 2 is 2.05 bits per heavy atom. The minimum Gasteiger partial charge on any atom is -0.478 e. The fourth-order valence-corrected chi connectivity index (χ4v) is 2.61. The molecule has 0 aliphatic carbocycles. The second kappa shape index (κ2) is 6.34. The molecule has 0 unspecified atom stereocenters. The standard InChI is InChI=1S/C15H15NO3S/c1-10-4-2-6-12(15(18)19)14(10)16-13(17)8-7-11-5-3-9-20-11/h2-6,9H,7-8H2,1H3,(H,16,17)(H,18,19). The van der Waals surface area contributed by atoms with Crippen LogP contribution in [0.2, 0.25) is 0 Å². The number of rotatable bonds is 5. The molecule has 1 amide bonds. The van der Waals surface area contributed by atoms with E-state index in [1.807, 2.05) is 17.5 Å². The highest BCUT2D eigenvalue weighted by atomic mass is 32.1. The van der Waals surface area contributed by atoms with Gasteiger partial charge in [-0.1, -0.05) is 18.2 Å². The van der Waals surface area contributed by atoms with Crippen LogP contribution in [0.3, 0.4) is 0 Å². The number of amides is 1. The maximum absolute atomic E-state index is 11.9. The van der Waals surface area contributed by atoms with Crippen LogP contribution in [0.15, 0.2) is 35.7 Å². The molecule has 1 aromatic carbocycles. The highest BCUT2D eigenvalue weighted by Crippen LogP contribution is 2.21. The molecule has 1 aromatic heterocycles. The summed E-state index contributed by atoms with van der Waals surface area (Å²) in [4.78, 5) is 24.2. The number of carbonyl (C=O) groups is 2. The molecule has 0 fully saturated rings. The molecule has 5 heteroatoms. The smallest absolute Gasteiger partial charge is 0.337 e. The molecule has 1 heterocycles. The number of hydrogen-bond acceptors (Lipinski definition) is 3. The Hall–Kier alpha value is -2.14. The summed E-state index contributed by atoms with van der Waals surface area (Å²) in [6.07, 6.45) is 1.01. The van der Waals surface area contributed by atoms with Crippen molar-refractivity contribution >= 4 is 28.9 Å². The Labute approximate surface area is 121 Å². The number of hydrogen-bond donors (Lipinski definition) is 2. The lowest BCUT2D eigenvalue weighted by atomic mass is 10.1. The van der Waals surface area contributed by atoms with Gasteiger partial charge in [0.25, 0.3) is 0 Å². The third-order valence-electron chi connectivity index (χ3n) is 2.95. The molecule has 0 bridgehead atoms. The summed E-state index contributed by atoms with van der Waals surface area (Å²) in [7, 11) is 0. The van der Waals surface area contributed by atoms with Crippen molar-refractivity contribution in [1.29, 1.82) is 0 Å². The van der Waals surface area contributed by atoms with Gasteiger partial charge in [0, 0.05) is 11.3 Å². The van der Waals surface area contributed by atoms with Crippen molar-refractivity contribution in [2.24, 2.45) is 0 Å². The van der Waals surface area contributed by atoms with Crippen LogP contribution in [-0.2, 0) is 11.2 Å². The number of anilines is 1. The van der Waals surface area contributed by atoms with Gasteiger partial charge in [0.2, 0.25) is 5.91 Å². The maximum atomic E-state index is 11.9. The van der Waals surface area contributed by atoms with Crippen molar-refractivity contribution in [3.63, 3.8) is 0 Å². The fourth-order valence-electron chi connectivity index (χ4n) is 1.91. The van der Waals surface area contributed by atoms with Gasteiger partial charge in [0.15, 0.2) is 0 Å². The van der Waals surface area contributed by atoms with Gasteiger partial charge < -0.3 is 10.4 Å². The summed E-state index contributed by atoms with van der Waals surface area (Å²) < 4.78 is 0. The van der Waals surface area contributed by atoms with Crippen LogP contribution in [0.25, 0.3) is 0 Å². The van der Waals surface area contributed by atoms with E-state index in [2.05, 4.69) is 5.32 Å². The van der Waals surface area contributed by atoms with Crippen LogP contribution >= 0.6 is 11.3 Å². The Balaban J connectivity index is 2.06. The predicted molar refractivity (Wildman–Crippen MR) is 79.4 cm³/mol. The monoisotopic (exact) mass is 289 g/mol. The van der Waals surface area contributed by atoms with Crippen molar-refractivity contribution in [1.82, 2.24) is 0 Å². The Kier molecular flexibility index (Phi) is 4.53. The average molecular weight is 289 g/mol. The number of para-hydroxylation sites is 1. The lowest BCUT2D eigenvalue weighted by molar-refractivity contribution is -0.116. The predicted octanol–water partition coefficient (Wildman–Crippen LogP) is 3.33. The number of carboxylic acid groups (broad SMARTS) is 1. The van der Waals surface area contributed by atoms with Crippen LogP contribution in [0.5, 0.6) is 0 Å². The minimum absolute atomic E-state index is 0.120. The third kappa shape index (κ3) is 3.45. The molecule has 2 rings (SSSR count). The van der Waals surface area contributed by atoms with E-state index in [0.29, 0.717) is 18.5 Å². The van der Waals surface area contributed by atoms with Gasteiger partial charge in [-0.15, -0.1) is 11.3 Å². The number of thiophene rings is 1. The van der Waals surface area contributed by atoms with E-state index in [4.69, 9.17) is 5.11 Å². The van der Waals surface area contributed by atoms with E-state index < -0.39 is 5.97 Å². The number of nitrogens with one attached hydrogen (secondary N) is 1. The first-order valence-electron chi connectivity index (χ1n) is 6.23.